The molecular formula is C11H12Cl2O. The van der Waals surface area contributed by atoms with Crippen LogP contribution in [0.4, 0.5) is 0 Å². The van der Waals surface area contributed by atoms with Gasteiger partial charge in [0.15, 0.2) is 0 Å². The van der Waals surface area contributed by atoms with Crippen LogP contribution in [0.5, 0.6) is 5.75 Å². The van der Waals surface area contributed by atoms with Gasteiger partial charge in [0, 0.05) is 23.2 Å². The van der Waals surface area contributed by atoms with Crippen LogP contribution >= 0.6 is 23.2 Å². The summed E-state index contributed by atoms with van der Waals surface area (Å²) in [7, 11) is 0. The molecule has 0 heterocycles. The highest BCUT2D eigenvalue weighted by molar-refractivity contribution is 6.30. The Hall–Kier alpha value is -0.400. The van der Waals surface area contributed by atoms with Crippen LogP contribution in [-0.4, -0.2) is 11.5 Å². The van der Waals surface area contributed by atoms with Gasteiger partial charge in [0.25, 0.3) is 0 Å². The molecule has 14 heavy (non-hydrogen) atoms. The van der Waals surface area contributed by atoms with Crippen LogP contribution < -0.4 is 4.74 Å². The molecular weight excluding hydrogens is 219 g/mol. The van der Waals surface area contributed by atoms with Crippen LogP contribution in [0.15, 0.2) is 18.2 Å². The summed E-state index contributed by atoms with van der Waals surface area (Å²) in [5.74, 6) is 0.919. The van der Waals surface area contributed by atoms with E-state index in [4.69, 9.17) is 27.9 Å². The second-order valence-electron chi connectivity index (χ2n) is 3.72. The smallest absolute Gasteiger partial charge is 0.122 e. The van der Waals surface area contributed by atoms with Gasteiger partial charge in [0.2, 0.25) is 0 Å². The molecule has 76 valence electrons. The lowest BCUT2D eigenvalue weighted by molar-refractivity contribution is 0.123. The van der Waals surface area contributed by atoms with Gasteiger partial charge in [-0.3, -0.25) is 0 Å². The average Bonchev–Trinajstić information content (AvgIpc) is 2.06. The maximum atomic E-state index is 5.87. The van der Waals surface area contributed by atoms with Gasteiger partial charge in [-0.05, 0) is 30.7 Å². The fraction of sp³-hybridized carbons (Fsp3) is 0.455. The molecule has 1 aliphatic carbocycles. The molecule has 0 aromatic heterocycles. The van der Waals surface area contributed by atoms with E-state index in [1.165, 1.54) is 0 Å². The first-order chi connectivity index (χ1) is 6.65. The number of hydrogen-bond donors (Lipinski definition) is 0. The summed E-state index contributed by atoms with van der Waals surface area (Å²) in [6.07, 6.45) is 2.19. The second kappa shape index (κ2) is 4.00. The Kier molecular flexibility index (Phi) is 2.89. The fourth-order valence-corrected chi connectivity index (χ4v) is 2.15. The fourth-order valence-electron chi connectivity index (χ4n) is 1.52. The van der Waals surface area contributed by atoms with Crippen LogP contribution in [0, 0.1) is 6.92 Å². The minimum atomic E-state index is 0.289. The molecule has 3 heteroatoms. The zero-order valence-electron chi connectivity index (χ0n) is 7.97. The van der Waals surface area contributed by atoms with Crippen molar-refractivity contribution in [2.75, 3.05) is 0 Å². The second-order valence-corrected chi connectivity index (χ2v) is 4.77. The van der Waals surface area contributed by atoms with E-state index in [1.54, 1.807) is 0 Å². The number of alkyl halides is 1. The molecule has 0 saturated heterocycles. The van der Waals surface area contributed by atoms with Crippen molar-refractivity contribution in [3.05, 3.63) is 28.8 Å². The molecule has 1 fully saturated rings. The van der Waals surface area contributed by atoms with Crippen LogP contribution in [0.3, 0.4) is 0 Å². The van der Waals surface area contributed by atoms with E-state index in [2.05, 4.69) is 0 Å². The zero-order valence-corrected chi connectivity index (χ0v) is 9.48. The van der Waals surface area contributed by atoms with E-state index in [0.717, 1.165) is 29.2 Å². The number of benzene rings is 1. The first-order valence-corrected chi connectivity index (χ1v) is 5.53. The minimum Gasteiger partial charge on any atom is -0.490 e. The Morgan fingerprint density at radius 2 is 2.07 bits per heavy atom. The molecule has 2 rings (SSSR count). The summed E-state index contributed by atoms with van der Waals surface area (Å²) in [6.45, 7) is 2.00. The number of aryl methyl sites for hydroxylation is 1. The van der Waals surface area contributed by atoms with Crippen LogP contribution in [0.25, 0.3) is 0 Å². The molecule has 0 unspecified atom stereocenters. The molecule has 1 aromatic rings. The van der Waals surface area contributed by atoms with E-state index >= 15 is 0 Å². The topological polar surface area (TPSA) is 9.23 Å². The molecule has 0 amide bonds. The summed E-state index contributed by atoms with van der Waals surface area (Å²) in [5.41, 5.74) is 1.08. The van der Waals surface area contributed by atoms with E-state index in [9.17, 15) is 0 Å². The maximum Gasteiger partial charge on any atom is 0.122 e. The first kappa shape index (κ1) is 10.1. The van der Waals surface area contributed by atoms with Crippen LogP contribution in [0.1, 0.15) is 18.4 Å². The van der Waals surface area contributed by atoms with Gasteiger partial charge in [-0.1, -0.05) is 11.6 Å². The Morgan fingerprint density at radius 1 is 1.36 bits per heavy atom. The van der Waals surface area contributed by atoms with Crippen molar-refractivity contribution in [2.24, 2.45) is 0 Å². The normalized spacial score (nSPS) is 25.6. The highest BCUT2D eigenvalue weighted by atomic mass is 35.5. The highest BCUT2D eigenvalue weighted by Gasteiger charge is 2.29. The molecule has 0 spiro atoms. The maximum absolute atomic E-state index is 5.87. The van der Waals surface area contributed by atoms with Crippen LogP contribution in [-0.2, 0) is 0 Å². The lowest BCUT2D eigenvalue weighted by Gasteiger charge is -2.31. The number of ether oxygens (including phenoxy) is 1. The van der Waals surface area contributed by atoms with Gasteiger partial charge in [-0.2, -0.15) is 0 Å². The lowest BCUT2D eigenvalue weighted by Crippen LogP contribution is -2.34. The Labute approximate surface area is 94.0 Å². The molecule has 0 bridgehead atoms. The third kappa shape index (κ3) is 2.15. The molecule has 0 aliphatic heterocycles. The molecule has 0 N–H and O–H groups in total. The Balaban J connectivity index is 2.02. The van der Waals surface area contributed by atoms with E-state index in [1.807, 2.05) is 25.1 Å². The van der Waals surface area contributed by atoms with E-state index < -0.39 is 0 Å². The number of hydrogen-bond acceptors (Lipinski definition) is 1. The summed E-state index contributed by atoms with van der Waals surface area (Å²) < 4.78 is 5.76. The predicted octanol–water partition coefficient (Wildman–Crippen LogP) is 3.80. The largest absolute Gasteiger partial charge is 0.490 e. The van der Waals surface area contributed by atoms with Gasteiger partial charge >= 0.3 is 0 Å². The monoisotopic (exact) mass is 230 g/mol. The first-order valence-electron chi connectivity index (χ1n) is 4.72. The van der Waals surface area contributed by atoms with Crippen molar-refractivity contribution >= 4 is 23.2 Å². The molecule has 1 aliphatic rings. The third-order valence-corrected chi connectivity index (χ3v) is 3.06. The zero-order chi connectivity index (χ0) is 10.1. The van der Waals surface area contributed by atoms with Gasteiger partial charge in [0.05, 0.1) is 0 Å². The standard InChI is InChI=1S/C11H12Cl2O/c1-7-4-8(12)2-3-11(7)14-10-5-9(13)6-10/h2-4,9-10H,5-6H2,1H3. The molecule has 1 nitrogen and oxygen atoms in total. The van der Waals surface area contributed by atoms with E-state index in [-0.39, 0.29) is 6.10 Å². The summed E-state index contributed by atoms with van der Waals surface area (Å²) in [4.78, 5) is 0. The van der Waals surface area contributed by atoms with Gasteiger partial charge in [0.1, 0.15) is 11.9 Å². The quantitative estimate of drug-likeness (QED) is 0.703. The summed E-state index contributed by atoms with van der Waals surface area (Å²) in [5, 5.41) is 1.05. The van der Waals surface area contributed by atoms with Crippen LogP contribution in [0.2, 0.25) is 5.02 Å². The Bertz CT molecular complexity index is 332. The number of halogens is 2. The predicted molar refractivity (Wildman–Crippen MR) is 59.5 cm³/mol. The van der Waals surface area contributed by atoms with Crippen molar-refractivity contribution in [1.82, 2.24) is 0 Å². The van der Waals surface area contributed by atoms with Crippen molar-refractivity contribution in [2.45, 2.75) is 31.2 Å². The van der Waals surface area contributed by atoms with Crippen molar-refractivity contribution in [1.29, 1.82) is 0 Å². The van der Waals surface area contributed by atoms with Gasteiger partial charge in [-0.25, -0.2) is 0 Å². The third-order valence-electron chi connectivity index (χ3n) is 2.47. The summed E-state index contributed by atoms with van der Waals surface area (Å²) in [6, 6.07) is 5.67. The minimum absolute atomic E-state index is 0.289. The molecule has 0 atom stereocenters. The highest BCUT2D eigenvalue weighted by Crippen LogP contribution is 2.31. The molecule has 0 radical (unpaired) electrons. The van der Waals surface area contributed by atoms with Crippen molar-refractivity contribution < 1.29 is 4.74 Å². The molecule has 1 saturated carbocycles. The van der Waals surface area contributed by atoms with Gasteiger partial charge < -0.3 is 4.74 Å². The summed E-state index contributed by atoms with van der Waals surface area (Å²) >= 11 is 11.7. The number of rotatable bonds is 2. The SMILES string of the molecule is Cc1cc(Cl)ccc1OC1CC(Cl)C1. The molecule has 1 aromatic carbocycles. The van der Waals surface area contributed by atoms with E-state index in [0.29, 0.717) is 5.38 Å². The van der Waals surface area contributed by atoms with Crippen molar-refractivity contribution in [3.8, 4) is 5.75 Å². The lowest BCUT2D eigenvalue weighted by atomic mass is 9.95. The van der Waals surface area contributed by atoms with Crippen molar-refractivity contribution in [3.63, 3.8) is 0 Å². The van der Waals surface area contributed by atoms with Gasteiger partial charge in [-0.15, -0.1) is 11.6 Å². The average molecular weight is 231 g/mol. The Morgan fingerprint density at radius 3 is 2.64 bits per heavy atom.